The molecular weight excluding hydrogens is 312 g/mol. The minimum atomic E-state index is -0.380. The van der Waals surface area contributed by atoms with E-state index in [1.807, 2.05) is 13.1 Å². The molecule has 0 saturated carbocycles. The second-order valence-electron chi connectivity index (χ2n) is 4.76. The fraction of sp³-hybridized carbons (Fsp3) is 0.538. The maximum absolute atomic E-state index is 10.7. The van der Waals surface area contributed by atoms with Crippen molar-refractivity contribution in [2.24, 2.45) is 5.92 Å². The van der Waals surface area contributed by atoms with Crippen molar-refractivity contribution in [2.45, 2.75) is 18.9 Å². The van der Waals surface area contributed by atoms with Gasteiger partial charge in [-0.15, -0.1) is 0 Å². The van der Waals surface area contributed by atoms with Crippen LogP contribution in [0, 0.1) is 16.0 Å². The molecule has 6 heteroatoms. The second kappa shape index (κ2) is 6.45. The Labute approximate surface area is 120 Å². The molecule has 19 heavy (non-hydrogen) atoms. The van der Waals surface area contributed by atoms with Gasteiger partial charge in [-0.05, 0) is 25.5 Å². The largest absolute Gasteiger partial charge is 0.381 e. The fourth-order valence-corrected chi connectivity index (χ4v) is 3.00. The van der Waals surface area contributed by atoms with E-state index in [-0.39, 0.29) is 10.6 Å². The Kier molecular flexibility index (Phi) is 4.90. The molecule has 1 heterocycles. The predicted octanol–water partition coefficient (Wildman–Crippen LogP) is 2.52. The van der Waals surface area contributed by atoms with Crippen LogP contribution >= 0.6 is 15.9 Å². The van der Waals surface area contributed by atoms with Crippen molar-refractivity contribution in [2.75, 3.05) is 20.3 Å². The van der Waals surface area contributed by atoms with E-state index in [0.717, 1.165) is 36.1 Å². The highest BCUT2D eigenvalue weighted by atomic mass is 79.9. The first-order valence-corrected chi connectivity index (χ1v) is 7.09. The number of nitrogens with one attached hydrogen (secondary N) is 1. The first-order valence-electron chi connectivity index (χ1n) is 6.29. The average Bonchev–Trinajstić information content (AvgIpc) is 2.41. The molecule has 1 aromatic carbocycles. The third kappa shape index (κ3) is 3.52. The number of non-ortho nitro benzene ring substituents is 1. The number of halogens is 1. The molecular formula is C13H17BrN2O3. The number of nitrogens with zero attached hydrogens (tertiary/aromatic N) is 1. The highest BCUT2D eigenvalue weighted by molar-refractivity contribution is 9.10. The van der Waals surface area contributed by atoms with Gasteiger partial charge in [-0.1, -0.05) is 22.0 Å². The molecule has 104 valence electrons. The van der Waals surface area contributed by atoms with Crippen LogP contribution in [0.2, 0.25) is 0 Å². The van der Waals surface area contributed by atoms with E-state index in [1.165, 1.54) is 0 Å². The lowest BCUT2D eigenvalue weighted by molar-refractivity contribution is -0.384. The molecule has 2 rings (SSSR count). The molecule has 2 atom stereocenters. The number of rotatable bonds is 4. The van der Waals surface area contributed by atoms with Crippen LogP contribution in [0.15, 0.2) is 22.7 Å². The van der Waals surface area contributed by atoms with E-state index in [1.54, 1.807) is 12.1 Å². The van der Waals surface area contributed by atoms with Crippen molar-refractivity contribution >= 4 is 21.6 Å². The monoisotopic (exact) mass is 328 g/mol. The van der Waals surface area contributed by atoms with Gasteiger partial charge in [0.2, 0.25) is 0 Å². The Bertz CT molecular complexity index is 467. The quantitative estimate of drug-likeness (QED) is 0.681. The summed E-state index contributed by atoms with van der Waals surface area (Å²) in [6.07, 6.45) is 1.86. The molecule has 1 saturated heterocycles. The van der Waals surface area contributed by atoms with Crippen molar-refractivity contribution in [1.82, 2.24) is 5.32 Å². The maximum Gasteiger partial charge on any atom is 0.270 e. The number of hydrogen-bond acceptors (Lipinski definition) is 4. The molecule has 1 fully saturated rings. The molecule has 0 bridgehead atoms. The summed E-state index contributed by atoms with van der Waals surface area (Å²) in [6.45, 7) is 1.53. The van der Waals surface area contributed by atoms with Gasteiger partial charge in [-0.25, -0.2) is 0 Å². The fourth-order valence-electron chi connectivity index (χ4n) is 2.48. The standard InChI is InChI=1S/C13H17BrN2O3/c1-15-13-4-5-19-8-10(13)6-9-2-3-11(16(17)18)7-12(9)14/h2-3,7,10,13,15H,4-6,8H2,1H3. The first kappa shape index (κ1) is 14.4. The molecule has 0 amide bonds. The van der Waals surface area contributed by atoms with Gasteiger partial charge in [0.25, 0.3) is 5.69 Å². The lowest BCUT2D eigenvalue weighted by Gasteiger charge is -2.31. The number of nitro benzene ring substituents is 1. The van der Waals surface area contributed by atoms with Crippen LogP contribution in [0.1, 0.15) is 12.0 Å². The summed E-state index contributed by atoms with van der Waals surface area (Å²) in [5.74, 6) is 0.400. The molecule has 1 N–H and O–H groups in total. The van der Waals surface area contributed by atoms with Gasteiger partial charge in [0, 0.05) is 35.2 Å². The molecule has 2 unspecified atom stereocenters. The van der Waals surface area contributed by atoms with Crippen molar-refractivity contribution in [3.63, 3.8) is 0 Å². The molecule has 0 aliphatic carbocycles. The Morgan fingerprint density at radius 2 is 2.37 bits per heavy atom. The van der Waals surface area contributed by atoms with Crippen LogP contribution in [0.5, 0.6) is 0 Å². The summed E-state index contributed by atoms with van der Waals surface area (Å²) in [7, 11) is 1.97. The van der Waals surface area contributed by atoms with Gasteiger partial charge >= 0.3 is 0 Å². The summed E-state index contributed by atoms with van der Waals surface area (Å²) in [5, 5.41) is 14.0. The molecule has 1 aliphatic heterocycles. The molecule has 0 aromatic heterocycles. The Morgan fingerprint density at radius 3 is 3.00 bits per heavy atom. The van der Waals surface area contributed by atoms with Gasteiger partial charge in [-0.2, -0.15) is 0 Å². The van der Waals surface area contributed by atoms with Crippen LogP contribution < -0.4 is 5.32 Å². The van der Waals surface area contributed by atoms with Gasteiger partial charge < -0.3 is 10.1 Å². The summed E-state index contributed by atoms with van der Waals surface area (Å²) in [6, 6.07) is 5.38. The lowest BCUT2D eigenvalue weighted by Crippen LogP contribution is -2.41. The van der Waals surface area contributed by atoms with Gasteiger partial charge in [-0.3, -0.25) is 10.1 Å². The topological polar surface area (TPSA) is 64.4 Å². The minimum absolute atomic E-state index is 0.112. The van der Waals surface area contributed by atoms with Crippen molar-refractivity contribution in [3.8, 4) is 0 Å². The van der Waals surface area contributed by atoms with Crippen molar-refractivity contribution in [3.05, 3.63) is 38.3 Å². The highest BCUT2D eigenvalue weighted by Gasteiger charge is 2.25. The normalized spacial score (nSPS) is 23.3. The molecule has 1 aromatic rings. The van der Waals surface area contributed by atoms with Gasteiger partial charge in [0.05, 0.1) is 11.5 Å². The van der Waals surface area contributed by atoms with Crippen molar-refractivity contribution < 1.29 is 9.66 Å². The summed E-state index contributed by atoms with van der Waals surface area (Å²) >= 11 is 3.42. The summed E-state index contributed by atoms with van der Waals surface area (Å²) in [5.41, 5.74) is 1.20. The molecule has 0 spiro atoms. The number of benzene rings is 1. The first-order chi connectivity index (χ1) is 9.11. The third-order valence-corrected chi connectivity index (χ3v) is 4.31. The molecule has 0 radical (unpaired) electrons. The molecule has 5 nitrogen and oxygen atoms in total. The summed E-state index contributed by atoms with van der Waals surface area (Å²) in [4.78, 5) is 10.3. The van der Waals surface area contributed by atoms with Crippen LogP contribution in [0.3, 0.4) is 0 Å². The second-order valence-corrected chi connectivity index (χ2v) is 5.61. The predicted molar refractivity (Wildman–Crippen MR) is 76.3 cm³/mol. The number of nitro groups is 1. The average molecular weight is 329 g/mol. The van der Waals surface area contributed by atoms with E-state index in [0.29, 0.717) is 12.0 Å². The van der Waals surface area contributed by atoms with E-state index in [4.69, 9.17) is 4.74 Å². The lowest BCUT2D eigenvalue weighted by atomic mass is 9.89. The number of ether oxygens (including phenoxy) is 1. The van der Waals surface area contributed by atoms with Crippen LogP contribution in [0.4, 0.5) is 5.69 Å². The molecule has 1 aliphatic rings. The zero-order valence-corrected chi connectivity index (χ0v) is 12.4. The highest BCUT2D eigenvalue weighted by Crippen LogP contribution is 2.27. The maximum atomic E-state index is 10.7. The van der Waals surface area contributed by atoms with Crippen LogP contribution in [-0.4, -0.2) is 31.2 Å². The Balaban J connectivity index is 2.11. The third-order valence-electron chi connectivity index (χ3n) is 3.57. The van der Waals surface area contributed by atoms with Crippen molar-refractivity contribution in [1.29, 1.82) is 0 Å². The SMILES string of the molecule is CNC1CCOCC1Cc1ccc([N+](=O)[O-])cc1Br. The van der Waals surface area contributed by atoms with Gasteiger partial charge in [0.15, 0.2) is 0 Å². The van der Waals surface area contributed by atoms with E-state index >= 15 is 0 Å². The van der Waals surface area contributed by atoms with E-state index < -0.39 is 0 Å². The van der Waals surface area contributed by atoms with Gasteiger partial charge in [0.1, 0.15) is 0 Å². The Hall–Kier alpha value is -0.980. The van der Waals surface area contributed by atoms with E-state index in [9.17, 15) is 10.1 Å². The summed E-state index contributed by atoms with van der Waals surface area (Å²) < 4.78 is 6.32. The smallest absolute Gasteiger partial charge is 0.270 e. The zero-order valence-electron chi connectivity index (χ0n) is 10.8. The zero-order chi connectivity index (χ0) is 13.8. The Morgan fingerprint density at radius 1 is 1.58 bits per heavy atom. The van der Waals surface area contributed by atoms with Crippen LogP contribution in [-0.2, 0) is 11.2 Å². The number of hydrogen-bond donors (Lipinski definition) is 1. The van der Waals surface area contributed by atoms with E-state index in [2.05, 4.69) is 21.2 Å². The minimum Gasteiger partial charge on any atom is -0.381 e. The van der Waals surface area contributed by atoms with Crippen LogP contribution in [0.25, 0.3) is 0 Å².